The van der Waals surface area contributed by atoms with E-state index in [1.54, 1.807) is 0 Å². The Morgan fingerprint density at radius 1 is 1.47 bits per heavy atom. The van der Waals surface area contributed by atoms with E-state index in [0.29, 0.717) is 32.2 Å². The number of nitrogens with zero attached hydrogens (tertiary/aromatic N) is 1. The molecule has 108 valence electrons. The van der Waals surface area contributed by atoms with Crippen LogP contribution in [0.3, 0.4) is 0 Å². The molecule has 2 fully saturated rings. The number of amides is 2. The van der Waals surface area contributed by atoms with Gasteiger partial charge in [-0.25, -0.2) is 0 Å². The van der Waals surface area contributed by atoms with Crippen LogP contribution in [0.25, 0.3) is 0 Å². The second kappa shape index (κ2) is 6.37. The molecule has 5 heteroatoms. The number of hydrogen-bond donors (Lipinski definition) is 1. The van der Waals surface area contributed by atoms with Crippen LogP contribution in [0.1, 0.15) is 39.5 Å². The molecule has 0 unspecified atom stereocenters. The number of nitrogens with one attached hydrogen (secondary N) is 1. The number of carbonyl (C=O) groups is 2. The van der Waals surface area contributed by atoms with Gasteiger partial charge in [-0.1, -0.05) is 0 Å². The highest BCUT2D eigenvalue weighted by molar-refractivity contribution is 5.89. The molecule has 0 aromatic heterocycles. The average molecular weight is 268 g/mol. The molecule has 1 aliphatic heterocycles. The molecule has 1 saturated carbocycles. The van der Waals surface area contributed by atoms with Gasteiger partial charge in [-0.3, -0.25) is 9.59 Å². The quantitative estimate of drug-likeness (QED) is 0.699. The lowest BCUT2D eigenvalue weighted by Gasteiger charge is -2.15. The molecule has 1 saturated heterocycles. The van der Waals surface area contributed by atoms with Crippen molar-refractivity contribution in [1.29, 1.82) is 0 Å². The first-order valence-corrected chi connectivity index (χ1v) is 7.26. The molecule has 5 nitrogen and oxygen atoms in total. The molecule has 2 aliphatic rings. The zero-order valence-corrected chi connectivity index (χ0v) is 11.9. The largest absolute Gasteiger partial charge is 0.379 e. The summed E-state index contributed by atoms with van der Waals surface area (Å²) < 4.78 is 5.41. The molecule has 2 amide bonds. The summed E-state index contributed by atoms with van der Waals surface area (Å²) in [6.45, 7) is 5.89. The molecule has 1 aliphatic carbocycles. The molecule has 19 heavy (non-hydrogen) atoms. The summed E-state index contributed by atoms with van der Waals surface area (Å²) in [5, 5.41) is 2.90. The SMILES string of the molecule is CC(C)OCCCNC(=O)[C@@H]1CC(=O)N(C2CC2)C1. The average Bonchev–Trinajstić information content (AvgIpc) is 3.11. The van der Waals surface area contributed by atoms with Gasteiger partial charge in [0.1, 0.15) is 0 Å². The Bertz CT molecular complexity index is 340. The first kappa shape index (κ1) is 14.3. The Kier molecular flexibility index (Phi) is 4.80. The van der Waals surface area contributed by atoms with E-state index in [1.165, 1.54) is 0 Å². The maximum Gasteiger partial charge on any atom is 0.225 e. The number of ether oxygens (including phenoxy) is 1. The van der Waals surface area contributed by atoms with Gasteiger partial charge in [0.15, 0.2) is 0 Å². The van der Waals surface area contributed by atoms with E-state index >= 15 is 0 Å². The van der Waals surface area contributed by atoms with Gasteiger partial charge in [-0.2, -0.15) is 0 Å². The van der Waals surface area contributed by atoms with Crippen LogP contribution in [0.5, 0.6) is 0 Å². The van der Waals surface area contributed by atoms with Crippen LogP contribution < -0.4 is 5.32 Å². The second-order valence-corrected chi connectivity index (χ2v) is 5.74. The van der Waals surface area contributed by atoms with E-state index in [1.807, 2.05) is 18.7 Å². The van der Waals surface area contributed by atoms with Crippen molar-refractivity contribution >= 4 is 11.8 Å². The Morgan fingerprint density at radius 2 is 2.21 bits per heavy atom. The Morgan fingerprint density at radius 3 is 2.84 bits per heavy atom. The van der Waals surface area contributed by atoms with Crippen LogP contribution in [0.4, 0.5) is 0 Å². The van der Waals surface area contributed by atoms with Crippen molar-refractivity contribution in [1.82, 2.24) is 10.2 Å². The van der Waals surface area contributed by atoms with Crippen molar-refractivity contribution in [3.63, 3.8) is 0 Å². The minimum atomic E-state index is -0.154. The first-order chi connectivity index (χ1) is 9.08. The van der Waals surface area contributed by atoms with Gasteiger partial charge in [-0.15, -0.1) is 0 Å². The van der Waals surface area contributed by atoms with E-state index < -0.39 is 0 Å². The maximum atomic E-state index is 11.9. The molecule has 2 rings (SSSR count). The Labute approximate surface area is 114 Å². The highest BCUT2D eigenvalue weighted by atomic mass is 16.5. The highest BCUT2D eigenvalue weighted by Gasteiger charge is 2.41. The van der Waals surface area contributed by atoms with Crippen LogP contribution in [0.15, 0.2) is 0 Å². The summed E-state index contributed by atoms with van der Waals surface area (Å²) in [6.07, 6.45) is 3.64. The number of likely N-dealkylation sites (tertiary alicyclic amines) is 1. The lowest BCUT2D eigenvalue weighted by atomic mass is 10.1. The second-order valence-electron chi connectivity index (χ2n) is 5.74. The topological polar surface area (TPSA) is 58.6 Å². The lowest BCUT2D eigenvalue weighted by Crippen LogP contribution is -2.34. The van der Waals surface area contributed by atoms with Crippen LogP contribution in [-0.2, 0) is 14.3 Å². The van der Waals surface area contributed by atoms with Gasteiger partial charge in [0.25, 0.3) is 0 Å². The van der Waals surface area contributed by atoms with Gasteiger partial charge in [0.2, 0.25) is 11.8 Å². The predicted molar refractivity (Wildman–Crippen MR) is 71.6 cm³/mol. The van der Waals surface area contributed by atoms with E-state index in [0.717, 1.165) is 19.3 Å². The molecular weight excluding hydrogens is 244 g/mol. The van der Waals surface area contributed by atoms with E-state index in [4.69, 9.17) is 4.74 Å². The summed E-state index contributed by atoms with van der Waals surface area (Å²) in [4.78, 5) is 25.6. The molecular formula is C14H24N2O3. The van der Waals surface area contributed by atoms with Gasteiger partial charge < -0.3 is 15.0 Å². The van der Waals surface area contributed by atoms with Gasteiger partial charge in [-0.05, 0) is 33.1 Å². The zero-order chi connectivity index (χ0) is 13.8. The van der Waals surface area contributed by atoms with Crippen LogP contribution in [0.2, 0.25) is 0 Å². The Balaban J connectivity index is 1.62. The third kappa shape index (κ3) is 4.20. The van der Waals surface area contributed by atoms with Crippen molar-refractivity contribution in [3.8, 4) is 0 Å². The van der Waals surface area contributed by atoms with Crippen molar-refractivity contribution in [2.75, 3.05) is 19.7 Å². The molecule has 0 aromatic carbocycles. The number of hydrogen-bond acceptors (Lipinski definition) is 3. The number of carbonyl (C=O) groups excluding carboxylic acids is 2. The third-order valence-electron chi connectivity index (χ3n) is 3.59. The summed E-state index contributed by atoms with van der Waals surface area (Å²) in [7, 11) is 0. The summed E-state index contributed by atoms with van der Waals surface area (Å²) in [5.74, 6) is 0.00551. The minimum Gasteiger partial charge on any atom is -0.379 e. The monoisotopic (exact) mass is 268 g/mol. The van der Waals surface area contributed by atoms with E-state index in [2.05, 4.69) is 5.32 Å². The van der Waals surface area contributed by atoms with E-state index in [9.17, 15) is 9.59 Å². The van der Waals surface area contributed by atoms with Crippen LogP contribution >= 0.6 is 0 Å². The van der Waals surface area contributed by atoms with Crippen LogP contribution in [-0.4, -0.2) is 48.6 Å². The molecule has 0 radical (unpaired) electrons. The fraction of sp³-hybridized carbons (Fsp3) is 0.857. The molecule has 1 N–H and O–H groups in total. The summed E-state index contributed by atoms with van der Waals surface area (Å²) in [6, 6.07) is 0.421. The zero-order valence-electron chi connectivity index (χ0n) is 11.9. The minimum absolute atomic E-state index is 0.0149. The van der Waals surface area contributed by atoms with Gasteiger partial charge in [0.05, 0.1) is 12.0 Å². The fourth-order valence-corrected chi connectivity index (χ4v) is 2.39. The van der Waals surface area contributed by atoms with Crippen molar-refractivity contribution in [3.05, 3.63) is 0 Å². The van der Waals surface area contributed by atoms with Gasteiger partial charge in [0, 0.05) is 32.2 Å². The van der Waals surface area contributed by atoms with Crippen molar-refractivity contribution in [2.45, 2.75) is 51.7 Å². The molecule has 1 atom stereocenters. The highest BCUT2D eigenvalue weighted by Crippen LogP contribution is 2.32. The molecule has 0 bridgehead atoms. The summed E-state index contributed by atoms with van der Waals surface area (Å²) >= 11 is 0. The fourth-order valence-electron chi connectivity index (χ4n) is 2.39. The van der Waals surface area contributed by atoms with Crippen molar-refractivity contribution < 1.29 is 14.3 Å². The molecule has 1 heterocycles. The smallest absolute Gasteiger partial charge is 0.225 e. The predicted octanol–water partition coefficient (Wildman–Crippen LogP) is 0.929. The molecule has 0 aromatic rings. The standard InChI is InChI=1S/C14H24N2O3/c1-10(2)19-7-3-6-15-14(18)11-8-13(17)16(9-11)12-4-5-12/h10-12H,3-9H2,1-2H3,(H,15,18)/t11-/m1/s1. The normalized spacial score (nSPS) is 23.2. The lowest BCUT2D eigenvalue weighted by molar-refractivity contribution is -0.129. The van der Waals surface area contributed by atoms with Crippen molar-refractivity contribution in [2.24, 2.45) is 5.92 Å². The summed E-state index contributed by atoms with van der Waals surface area (Å²) in [5.41, 5.74) is 0. The Hall–Kier alpha value is -1.10. The van der Waals surface area contributed by atoms with Crippen LogP contribution in [0, 0.1) is 5.92 Å². The molecule has 0 spiro atoms. The van der Waals surface area contributed by atoms with Gasteiger partial charge >= 0.3 is 0 Å². The number of rotatable bonds is 7. The van der Waals surface area contributed by atoms with E-state index in [-0.39, 0.29) is 23.8 Å². The first-order valence-electron chi connectivity index (χ1n) is 7.26. The third-order valence-corrected chi connectivity index (χ3v) is 3.59. The maximum absolute atomic E-state index is 11.9.